The van der Waals surface area contributed by atoms with Crippen molar-refractivity contribution in [2.75, 3.05) is 7.05 Å². The lowest BCUT2D eigenvalue weighted by Gasteiger charge is -2.11. The Bertz CT molecular complexity index is 552. The van der Waals surface area contributed by atoms with E-state index in [2.05, 4.69) is 48.7 Å². The highest BCUT2D eigenvalue weighted by Gasteiger charge is 1.99. The van der Waals surface area contributed by atoms with E-state index >= 15 is 0 Å². The van der Waals surface area contributed by atoms with Gasteiger partial charge in [-0.1, -0.05) is 34.1 Å². The van der Waals surface area contributed by atoms with Crippen LogP contribution in [0.2, 0.25) is 0 Å². The minimum absolute atomic E-state index is 0.654. The molecule has 5 heteroatoms. The Morgan fingerprint density at radius 3 is 2.50 bits per heavy atom. The van der Waals surface area contributed by atoms with E-state index in [-0.39, 0.29) is 0 Å². The third-order valence-electron chi connectivity index (χ3n) is 2.76. The van der Waals surface area contributed by atoms with Crippen molar-refractivity contribution in [3.05, 3.63) is 64.4 Å². The zero-order chi connectivity index (χ0) is 14.2. The number of aliphatic imine (C=N–C) groups is 1. The molecule has 0 atom stereocenters. The number of nitrogens with one attached hydrogen (secondary N) is 2. The molecule has 1 heterocycles. The molecule has 0 bridgehead atoms. The number of rotatable bonds is 4. The van der Waals surface area contributed by atoms with E-state index < -0.39 is 0 Å². The summed E-state index contributed by atoms with van der Waals surface area (Å²) in [5.74, 6) is 0.763. The molecule has 104 valence electrons. The third-order valence-corrected chi connectivity index (χ3v) is 3.29. The molecule has 20 heavy (non-hydrogen) atoms. The van der Waals surface area contributed by atoms with Crippen LogP contribution in [0, 0.1) is 0 Å². The van der Waals surface area contributed by atoms with Crippen LogP contribution in [0.3, 0.4) is 0 Å². The highest BCUT2D eigenvalue weighted by molar-refractivity contribution is 9.10. The molecule has 0 saturated carbocycles. The van der Waals surface area contributed by atoms with Crippen LogP contribution in [0.4, 0.5) is 0 Å². The summed E-state index contributed by atoms with van der Waals surface area (Å²) >= 11 is 3.43. The van der Waals surface area contributed by atoms with Gasteiger partial charge in [0.2, 0.25) is 0 Å². The molecular weight excluding hydrogens is 316 g/mol. The van der Waals surface area contributed by atoms with Crippen molar-refractivity contribution >= 4 is 21.9 Å². The molecule has 0 fully saturated rings. The van der Waals surface area contributed by atoms with Crippen molar-refractivity contribution in [1.29, 1.82) is 0 Å². The average molecular weight is 333 g/mol. The largest absolute Gasteiger partial charge is 0.352 e. The van der Waals surface area contributed by atoms with E-state index in [0.29, 0.717) is 6.54 Å². The fourth-order valence-corrected chi connectivity index (χ4v) is 1.95. The molecule has 0 aliphatic heterocycles. The Morgan fingerprint density at radius 1 is 1.10 bits per heavy atom. The molecule has 0 unspecified atom stereocenters. The lowest BCUT2D eigenvalue weighted by molar-refractivity contribution is 0.794. The van der Waals surface area contributed by atoms with Crippen LogP contribution in [-0.4, -0.2) is 18.0 Å². The van der Waals surface area contributed by atoms with Gasteiger partial charge >= 0.3 is 0 Å². The number of pyridine rings is 1. The maximum Gasteiger partial charge on any atom is 0.191 e. The van der Waals surface area contributed by atoms with Crippen LogP contribution < -0.4 is 10.6 Å². The van der Waals surface area contributed by atoms with Crippen LogP contribution in [-0.2, 0) is 13.1 Å². The predicted molar refractivity (Wildman–Crippen MR) is 85.4 cm³/mol. The first-order valence-corrected chi connectivity index (χ1v) is 7.16. The topological polar surface area (TPSA) is 49.3 Å². The first-order chi connectivity index (χ1) is 9.78. The van der Waals surface area contributed by atoms with Gasteiger partial charge in [0, 0.05) is 24.3 Å². The minimum atomic E-state index is 0.654. The van der Waals surface area contributed by atoms with Gasteiger partial charge in [-0.2, -0.15) is 0 Å². The highest BCUT2D eigenvalue weighted by atomic mass is 79.9. The van der Waals surface area contributed by atoms with Crippen molar-refractivity contribution in [2.45, 2.75) is 13.1 Å². The molecule has 0 aliphatic carbocycles. The predicted octanol–water partition coefficient (Wildman–Crippen LogP) is 2.71. The summed E-state index contributed by atoms with van der Waals surface area (Å²) in [7, 11) is 1.76. The Hall–Kier alpha value is -1.88. The van der Waals surface area contributed by atoms with E-state index in [4.69, 9.17) is 0 Å². The molecule has 0 saturated heterocycles. The lowest BCUT2D eigenvalue weighted by Crippen LogP contribution is -2.36. The first-order valence-electron chi connectivity index (χ1n) is 6.37. The van der Waals surface area contributed by atoms with Gasteiger partial charge in [-0.05, 0) is 29.8 Å². The minimum Gasteiger partial charge on any atom is -0.352 e. The molecular formula is C15H17BrN4. The van der Waals surface area contributed by atoms with Crippen molar-refractivity contribution < 1.29 is 0 Å². The zero-order valence-electron chi connectivity index (χ0n) is 11.3. The maximum atomic E-state index is 4.26. The molecule has 1 aromatic carbocycles. The van der Waals surface area contributed by atoms with Gasteiger partial charge in [0.25, 0.3) is 0 Å². The molecule has 1 aromatic heterocycles. The lowest BCUT2D eigenvalue weighted by atomic mass is 10.2. The summed E-state index contributed by atoms with van der Waals surface area (Å²) in [5.41, 5.74) is 2.19. The van der Waals surface area contributed by atoms with E-state index in [1.54, 1.807) is 13.2 Å². The summed E-state index contributed by atoms with van der Waals surface area (Å²) in [6, 6.07) is 14.1. The molecule has 0 amide bonds. The van der Waals surface area contributed by atoms with Crippen LogP contribution in [0.15, 0.2) is 58.1 Å². The summed E-state index contributed by atoms with van der Waals surface area (Å²) < 4.78 is 1.08. The normalized spacial score (nSPS) is 11.2. The van der Waals surface area contributed by atoms with Crippen LogP contribution >= 0.6 is 15.9 Å². The molecule has 0 aliphatic rings. The van der Waals surface area contributed by atoms with Gasteiger partial charge in [-0.25, -0.2) is 0 Å². The van der Waals surface area contributed by atoms with Crippen LogP contribution in [0.5, 0.6) is 0 Å². The zero-order valence-corrected chi connectivity index (χ0v) is 12.9. The second-order valence-corrected chi connectivity index (χ2v) is 5.14. The quantitative estimate of drug-likeness (QED) is 0.668. The van der Waals surface area contributed by atoms with Gasteiger partial charge in [0.15, 0.2) is 5.96 Å². The van der Waals surface area contributed by atoms with E-state index in [1.165, 1.54) is 5.56 Å². The van der Waals surface area contributed by atoms with E-state index in [0.717, 1.165) is 22.7 Å². The van der Waals surface area contributed by atoms with Crippen LogP contribution in [0.1, 0.15) is 11.3 Å². The summed E-state index contributed by atoms with van der Waals surface area (Å²) in [6.45, 7) is 1.38. The third kappa shape index (κ3) is 4.66. The molecule has 0 spiro atoms. The van der Waals surface area contributed by atoms with E-state index in [1.807, 2.05) is 30.3 Å². The number of hydrogen-bond acceptors (Lipinski definition) is 2. The fraction of sp³-hybridized carbons (Fsp3) is 0.200. The van der Waals surface area contributed by atoms with Crippen molar-refractivity contribution in [3.63, 3.8) is 0 Å². The fourth-order valence-electron chi connectivity index (χ4n) is 1.69. The number of guanidine groups is 1. The second kappa shape index (κ2) is 7.65. The van der Waals surface area contributed by atoms with Gasteiger partial charge in [-0.3, -0.25) is 9.98 Å². The van der Waals surface area contributed by atoms with Gasteiger partial charge in [-0.15, -0.1) is 0 Å². The molecule has 2 N–H and O–H groups in total. The molecule has 0 radical (unpaired) electrons. The average Bonchev–Trinajstić information content (AvgIpc) is 2.50. The van der Waals surface area contributed by atoms with E-state index in [9.17, 15) is 0 Å². The molecule has 2 rings (SSSR count). The monoisotopic (exact) mass is 332 g/mol. The summed E-state index contributed by atoms with van der Waals surface area (Å²) in [6.07, 6.45) is 1.79. The first kappa shape index (κ1) is 14.5. The maximum absolute atomic E-state index is 4.26. The number of aromatic nitrogens is 1. The number of nitrogens with zero attached hydrogens (tertiary/aromatic N) is 2. The van der Waals surface area contributed by atoms with Gasteiger partial charge in [0.05, 0.1) is 12.2 Å². The SMILES string of the molecule is CN=C(NCc1ccc(Br)cc1)NCc1ccccn1. The Labute approximate surface area is 127 Å². The second-order valence-electron chi connectivity index (χ2n) is 4.23. The van der Waals surface area contributed by atoms with Gasteiger partial charge < -0.3 is 10.6 Å². The van der Waals surface area contributed by atoms with Gasteiger partial charge in [0.1, 0.15) is 0 Å². The van der Waals surface area contributed by atoms with Crippen LogP contribution in [0.25, 0.3) is 0 Å². The standard InChI is InChI=1S/C15H17BrN4/c1-17-15(20-11-14-4-2-3-9-18-14)19-10-12-5-7-13(16)8-6-12/h2-9H,10-11H2,1H3,(H2,17,19,20). The Balaban J connectivity index is 1.82. The molecule has 2 aromatic rings. The van der Waals surface area contributed by atoms with Crippen molar-refractivity contribution in [1.82, 2.24) is 15.6 Å². The van der Waals surface area contributed by atoms with Crippen molar-refractivity contribution in [2.24, 2.45) is 4.99 Å². The smallest absolute Gasteiger partial charge is 0.191 e. The Morgan fingerprint density at radius 2 is 1.85 bits per heavy atom. The summed E-state index contributed by atoms with van der Waals surface area (Å²) in [4.78, 5) is 8.46. The Kier molecular flexibility index (Phi) is 5.55. The summed E-state index contributed by atoms with van der Waals surface area (Å²) in [5, 5.41) is 6.51. The number of halogens is 1. The molecule has 4 nitrogen and oxygen atoms in total. The van der Waals surface area contributed by atoms with Crippen molar-refractivity contribution in [3.8, 4) is 0 Å². The highest BCUT2D eigenvalue weighted by Crippen LogP contribution is 2.10. The number of hydrogen-bond donors (Lipinski definition) is 2. The number of benzene rings is 1.